The third kappa shape index (κ3) is 2.36. The molecule has 0 radical (unpaired) electrons. The van der Waals surface area contributed by atoms with Crippen LogP contribution in [-0.2, 0) is 0 Å². The van der Waals surface area contributed by atoms with Gasteiger partial charge in [0.05, 0.1) is 22.5 Å². The van der Waals surface area contributed by atoms with Crippen LogP contribution >= 0.6 is 11.3 Å². The van der Waals surface area contributed by atoms with Gasteiger partial charge in [-0.05, 0) is 38.2 Å². The van der Waals surface area contributed by atoms with Crippen molar-refractivity contribution in [2.24, 2.45) is 5.92 Å². The zero-order valence-corrected chi connectivity index (χ0v) is 14.6. The Balaban J connectivity index is 1.47. The molecule has 1 aliphatic heterocycles. The van der Waals surface area contributed by atoms with E-state index in [1.807, 2.05) is 19.3 Å². The molecule has 0 amide bonds. The summed E-state index contributed by atoms with van der Waals surface area (Å²) in [4.78, 5) is 10.8. The van der Waals surface area contributed by atoms with Crippen LogP contribution in [0.4, 0.5) is 0 Å². The molecule has 1 aliphatic carbocycles. The fourth-order valence-corrected chi connectivity index (χ4v) is 5.31. The molecule has 0 spiro atoms. The summed E-state index contributed by atoms with van der Waals surface area (Å²) in [5.41, 5.74) is 3.30. The summed E-state index contributed by atoms with van der Waals surface area (Å²) < 4.78 is 1.14. The summed E-state index contributed by atoms with van der Waals surface area (Å²) in [7, 11) is 0. The van der Waals surface area contributed by atoms with E-state index in [0.717, 1.165) is 33.2 Å². The Labute approximate surface area is 144 Å². The molecule has 0 aromatic carbocycles. The van der Waals surface area contributed by atoms with Crippen molar-refractivity contribution in [3.8, 4) is 10.4 Å². The van der Waals surface area contributed by atoms with Gasteiger partial charge in [0.2, 0.25) is 0 Å². The van der Waals surface area contributed by atoms with Gasteiger partial charge in [0.15, 0.2) is 0 Å². The van der Waals surface area contributed by atoms with Gasteiger partial charge in [-0.3, -0.25) is 5.10 Å². The minimum Gasteiger partial charge on any atom is -0.304 e. The minimum absolute atomic E-state index is 0.321. The van der Waals surface area contributed by atoms with Crippen LogP contribution in [0, 0.1) is 12.8 Å². The Morgan fingerprint density at radius 1 is 1.21 bits per heavy atom. The van der Waals surface area contributed by atoms with Gasteiger partial charge < -0.3 is 5.32 Å². The van der Waals surface area contributed by atoms with Crippen molar-refractivity contribution in [2.75, 3.05) is 0 Å². The number of aromatic nitrogens is 4. The summed E-state index contributed by atoms with van der Waals surface area (Å²) in [6, 6.07) is 3.17. The lowest BCUT2D eigenvalue weighted by Gasteiger charge is -2.24. The first-order chi connectivity index (χ1) is 11.8. The van der Waals surface area contributed by atoms with E-state index < -0.39 is 0 Å². The molecule has 4 heterocycles. The van der Waals surface area contributed by atoms with Crippen LogP contribution in [0.3, 0.4) is 0 Å². The molecular formula is C18H21N5S. The van der Waals surface area contributed by atoms with E-state index in [9.17, 15) is 0 Å². The summed E-state index contributed by atoms with van der Waals surface area (Å²) >= 11 is 1.74. The number of thiophene rings is 1. The summed E-state index contributed by atoms with van der Waals surface area (Å²) in [5, 5.41) is 10.9. The van der Waals surface area contributed by atoms with E-state index >= 15 is 0 Å². The maximum atomic E-state index is 4.88. The largest absolute Gasteiger partial charge is 0.304 e. The first-order valence-corrected chi connectivity index (χ1v) is 9.62. The van der Waals surface area contributed by atoms with Crippen molar-refractivity contribution >= 4 is 21.6 Å². The highest BCUT2D eigenvalue weighted by molar-refractivity contribution is 7.22. The van der Waals surface area contributed by atoms with Crippen LogP contribution in [0.2, 0.25) is 0 Å². The zero-order chi connectivity index (χ0) is 16.1. The number of aromatic amines is 1. The number of nitrogens with zero attached hydrogens (tertiary/aromatic N) is 3. The van der Waals surface area contributed by atoms with Gasteiger partial charge in [-0.2, -0.15) is 5.10 Å². The lowest BCUT2D eigenvalue weighted by atomic mass is 9.85. The summed E-state index contributed by atoms with van der Waals surface area (Å²) in [6.45, 7) is 2.05. The highest BCUT2D eigenvalue weighted by Crippen LogP contribution is 2.39. The fourth-order valence-electron chi connectivity index (χ4n) is 4.27. The number of hydrogen-bond donors (Lipinski definition) is 2. The maximum Gasteiger partial charge on any atom is 0.145 e. The molecule has 24 heavy (non-hydrogen) atoms. The van der Waals surface area contributed by atoms with Gasteiger partial charge in [0.1, 0.15) is 5.82 Å². The average molecular weight is 339 g/mol. The number of nitrogens with one attached hydrogen (secondary N) is 2. The molecule has 3 aromatic rings. The molecule has 1 saturated heterocycles. The fraction of sp³-hybridized carbons (Fsp3) is 0.500. The third-order valence-corrected chi connectivity index (χ3v) is 6.65. The zero-order valence-electron chi connectivity index (χ0n) is 13.7. The van der Waals surface area contributed by atoms with Gasteiger partial charge >= 0.3 is 0 Å². The first-order valence-electron chi connectivity index (χ1n) is 8.81. The van der Waals surface area contributed by atoms with Crippen molar-refractivity contribution in [3.63, 3.8) is 0 Å². The molecular weight excluding hydrogens is 318 g/mol. The van der Waals surface area contributed by atoms with E-state index in [0.29, 0.717) is 12.1 Å². The Bertz CT molecular complexity index is 869. The van der Waals surface area contributed by atoms with Crippen LogP contribution in [0.5, 0.6) is 0 Å². The van der Waals surface area contributed by atoms with E-state index in [-0.39, 0.29) is 0 Å². The van der Waals surface area contributed by atoms with E-state index in [2.05, 4.69) is 26.6 Å². The predicted molar refractivity (Wildman–Crippen MR) is 96.0 cm³/mol. The molecule has 2 N–H and O–H groups in total. The second-order valence-corrected chi connectivity index (χ2v) is 8.19. The normalized spacial score (nSPS) is 26.8. The topological polar surface area (TPSA) is 66.5 Å². The van der Waals surface area contributed by atoms with Crippen molar-refractivity contribution in [1.82, 2.24) is 25.5 Å². The molecule has 124 valence electrons. The van der Waals surface area contributed by atoms with Crippen LogP contribution in [0.25, 0.3) is 20.7 Å². The van der Waals surface area contributed by atoms with Crippen LogP contribution in [0.15, 0.2) is 18.5 Å². The molecule has 1 saturated carbocycles. The Morgan fingerprint density at radius 2 is 2.12 bits per heavy atom. The predicted octanol–water partition coefficient (Wildman–Crippen LogP) is 3.98. The van der Waals surface area contributed by atoms with Gasteiger partial charge in [-0.1, -0.05) is 12.8 Å². The number of fused-ring (bicyclic) bond motifs is 2. The lowest BCUT2D eigenvalue weighted by molar-refractivity contribution is 0.325. The molecule has 2 fully saturated rings. The molecule has 2 aliphatic rings. The van der Waals surface area contributed by atoms with Crippen molar-refractivity contribution in [1.29, 1.82) is 0 Å². The first kappa shape index (κ1) is 14.5. The lowest BCUT2D eigenvalue weighted by Crippen LogP contribution is -2.30. The summed E-state index contributed by atoms with van der Waals surface area (Å²) in [6.07, 6.45) is 10.5. The maximum absolute atomic E-state index is 4.88. The Morgan fingerprint density at radius 3 is 2.96 bits per heavy atom. The number of aryl methyl sites for hydroxylation is 1. The quantitative estimate of drug-likeness (QED) is 0.741. The summed E-state index contributed by atoms with van der Waals surface area (Å²) in [5.74, 6) is 1.78. The molecule has 3 atom stereocenters. The highest BCUT2D eigenvalue weighted by Gasteiger charge is 2.36. The molecule has 5 rings (SSSR count). The molecule has 6 heteroatoms. The van der Waals surface area contributed by atoms with E-state index in [1.54, 1.807) is 11.3 Å². The van der Waals surface area contributed by atoms with Crippen LogP contribution in [-0.4, -0.2) is 26.2 Å². The van der Waals surface area contributed by atoms with Gasteiger partial charge in [-0.25, -0.2) is 9.97 Å². The van der Waals surface area contributed by atoms with E-state index in [4.69, 9.17) is 4.98 Å². The Kier molecular flexibility index (Phi) is 3.41. The SMILES string of the molecule is Cc1[nH]ncc1-c1cc2nc([C@@H]3C[C@@H]4CCCC[C@@H]4N3)ncc2s1. The van der Waals surface area contributed by atoms with Crippen molar-refractivity contribution < 1.29 is 0 Å². The Hall–Kier alpha value is -1.79. The molecule has 0 unspecified atom stereocenters. The number of hydrogen-bond acceptors (Lipinski definition) is 5. The molecule has 0 bridgehead atoms. The van der Waals surface area contributed by atoms with Crippen LogP contribution in [0.1, 0.15) is 49.7 Å². The van der Waals surface area contributed by atoms with E-state index in [1.165, 1.54) is 37.0 Å². The van der Waals surface area contributed by atoms with Gasteiger partial charge in [0.25, 0.3) is 0 Å². The molecule has 5 nitrogen and oxygen atoms in total. The second kappa shape index (κ2) is 5.63. The second-order valence-electron chi connectivity index (χ2n) is 7.10. The monoisotopic (exact) mass is 339 g/mol. The standard InChI is InChI=1S/C18H21N5S/c1-10-12(8-20-23-10)16-7-14-17(24-16)9-19-18(22-14)15-6-11-4-2-3-5-13(11)21-15/h7-9,11,13,15,21H,2-6H2,1H3,(H,20,23)/t11-,13-,15-/m0/s1. The smallest absolute Gasteiger partial charge is 0.145 e. The molecule has 3 aromatic heterocycles. The van der Waals surface area contributed by atoms with Crippen molar-refractivity contribution in [2.45, 2.75) is 51.1 Å². The minimum atomic E-state index is 0.321. The average Bonchev–Trinajstić information content (AvgIpc) is 3.30. The van der Waals surface area contributed by atoms with Crippen molar-refractivity contribution in [3.05, 3.63) is 30.0 Å². The third-order valence-electron chi connectivity index (χ3n) is 5.56. The van der Waals surface area contributed by atoms with Gasteiger partial charge in [0, 0.05) is 28.4 Å². The highest BCUT2D eigenvalue weighted by atomic mass is 32.1. The van der Waals surface area contributed by atoms with Gasteiger partial charge in [-0.15, -0.1) is 11.3 Å². The number of rotatable bonds is 2. The number of H-pyrrole nitrogens is 1. The van der Waals surface area contributed by atoms with Crippen LogP contribution < -0.4 is 5.32 Å².